The van der Waals surface area contributed by atoms with E-state index < -0.39 is 0 Å². The molecule has 0 saturated carbocycles. The molecule has 1 rings (SSSR count). The van der Waals surface area contributed by atoms with Crippen molar-refractivity contribution < 1.29 is 19.3 Å². The highest BCUT2D eigenvalue weighted by Crippen LogP contribution is 2.41. The Bertz CT molecular complexity index is 314. The number of aromatic hydroxyl groups is 1. The van der Waals surface area contributed by atoms with E-state index >= 15 is 0 Å². The summed E-state index contributed by atoms with van der Waals surface area (Å²) in [6, 6.07) is 3.19. The predicted molar refractivity (Wildman–Crippen MR) is 54.9 cm³/mol. The highest BCUT2D eigenvalue weighted by molar-refractivity contribution is 9.10. The van der Waals surface area contributed by atoms with Gasteiger partial charge in [-0.3, -0.25) is 0 Å². The average Bonchev–Trinajstić information content (AvgIpc) is 2.19. The van der Waals surface area contributed by atoms with Crippen molar-refractivity contribution >= 4 is 15.9 Å². The molecule has 5 heteroatoms. The van der Waals surface area contributed by atoms with Crippen LogP contribution < -0.4 is 9.47 Å². The molecule has 0 aliphatic carbocycles. The molecule has 0 bridgehead atoms. The van der Waals surface area contributed by atoms with Gasteiger partial charge in [-0.2, -0.15) is 0 Å². The summed E-state index contributed by atoms with van der Waals surface area (Å²) in [6.45, 7) is 0.0956. The molecule has 0 heterocycles. The molecule has 0 saturated heterocycles. The van der Waals surface area contributed by atoms with Crippen molar-refractivity contribution in [3.05, 3.63) is 16.6 Å². The minimum Gasteiger partial charge on any atom is -0.504 e. The number of phenolic OH excluding ortho intramolecular Hbond substituents is 1. The third-order valence-electron chi connectivity index (χ3n) is 1.57. The number of methoxy groups -OCH3 is 2. The van der Waals surface area contributed by atoms with Crippen LogP contribution in [0.25, 0.3) is 0 Å². The molecular formula is C9H11BrO4. The van der Waals surface area contributed by atoms with E-state index in [2.05, 4.69) is 15.9 Å². The van der Waals surface area contributed by atoms with Gasteiger partial charge >= 0.3 is 0 Å². The summed E-state index contributed by atoms with van der Waals surface area (Å²) in [4.78, 5) is 0. The van der Waals surface area contributed by atoms with Crippen LogP contribution in [-0.4, -0.2) is 26.1 Å². The highest BCUT2D eigenvalue weighted by Gasteiger charge is 2.13. The number of rotatable bonds is 4. The molecule has 0 fully saturated rings. The Hall–Kier alpha value is -0.940. The molecule has 4 nitrogen and oxygen atoms in total. The predicted octanol–water partition coefficient (Wildman–Crippen LogP) is 2.15. The van der Waals surface area contributed by atoms with E-state index in [1.165, 1.54) is 20.3 Å². The maximum atomic E-state index is 9.45. The van der Waals surface area contributed by atoms with Gasteiger partial charge in [-0.25, -0.2) is 0 Å². The van der Waals surface area contributed by atoms with Gasteiger partial charge in [0.05, 0.1) is 11.6 Å². The van der Waals surface area contributed by atoms with Gasteiger partial charge in [-0.05, 0) is 28.1 Å². The van der Waals surface area contributed by atoms with Gasteiger partial charge in [0.15, 0.2) is 18.3 Å². The van der Waals surface area contributed by atoms with Crippen molar-refractivity contribution in [2.24, 2.45) is 0 Å². The van der Waals surface area contributed by atoms with Crippen molar-refractivity contribution in [2.45, 2.75) is 0 Å². The van der Waals surface area contributed by atoms with E-state index in [-0.39, 0.29) is 18.3 Å². The molecule has 0 aromatic heterocycles. The summed E-state index contributed by atoms with van der Waals surface area (Å²) in [7, 11) is 2.98. The first kappa shape index (κ1) is 11.1. The van der Waals surface area contributed by atoms with E-state index in [9.17, 15) is 5.11 Å². The average molecular weight is 263 g/mol. The number of benzene rings is 1. The number of hydrogen-bond acceptors (Lipinski definition) is 4. The zero-order valence-corrected chi connectivity index (χ0v) is 9.50. The van der Waals surface area contributed by atoms with Gasteiger partial charge in [-0.1, -0.05) is 0 Å². The fourth-order valence-electron chi connectivity index (χ4n) is 0.978. The summed E-state index contributed by atoms with van der Waals surface area (Å²) in [5.41, 5.74) is 0. The maximum Gasteiger partial charge on any atom is 0.204 e. The summed E-state index contributed by atoms with van der Waals surface area (Å²) in [6.07, 6.45) is 0. The lowest BCUT2D eigenvalue weighted by Gasteiger charge is -2.12. The number of phenols is 1. The molecule has 0 aliphatic rings. The van der Waals surface area contributed by atoms with Crippen molar-refractivity contribution in [2.75, 3.05) is 21.0 Å². The van der Waals surface area contributed by atoms with Crippen LogP contribution in [0.4, 0.5) is 0 Å². The lowest BCUT2D eigenvalue weighted by Crippen LogP contribution is -2.01. The Morgan fingerprint density at radius 1 is 1.29 bits per heavy atom. The second kappa shape index (κ2) is 5.07. The van der Waals surface area contributed by atoms with Gasteiger partial charge in [0, 0.05) is 7.11 Å². The van der Waals surface area contributed by atoms with Crippen LogP contribution in [0.3, 0.4) is 0 Å². The van der Waals surface area contributed by atoms with Crippen LogP contribution in [0.5, 0.6) is 17.2 Å². The van der Waals surface area contributed by atoms with E-state index in [0.717, 1.165) is 0 Å². The summed E-state index contributed by atoms with van der Waals surface area (Å²) >= 11 is 3.28. The second-order valence-electron chi connectivity index (χ2n) is 2.48. The minimum absolute atomic E-state index is 0.0294. The van der Waals surface area contributed by atoms with E-state index in [4.69, 9.17) is 14.2 Å². The summed E-state index contributed by atoms with van der Waals surface area (Å²) < 4.78 is 15.7. The standard InChI is InChI=1S/C9H11BrO4/c1-12-5-14-8-6(10)3-4-7(11)9(8)13-2/h3-4,11H,5H2,1-2H3. The van der Waals surface area contributed by atoms with E-state index in [0.29, 0.717) is 10.2 Å². The molecule has 0 amide bonds. The molecule has 1 N–H and O–H groups in total. The SMILES string of the molecule is COCOc1c(Br)ccc(O)c1OC. The fraction of sp³-hybridized carbons (Fsp3) is 0.333. The lowest BCUT2D eigenvalue weighted by atomic mass is 10.3. The van der Waals surface area contributed by atoms with Gasteiger partial charge in [-0.15, -0.1) is 0 Å². The van der Waals surface area contributed by atoms with Crippen LogP contribution in [0.15, 0.2) is 16.6 Å². The molecule has 14 heavy (non-hydrogen) atoms. The van der Waals surface area contributed by atoms with Crippen LogP contribution in [0.2, 0.25) is 0 Å². The van der Waals surface area contributed by atoms with Gasteiger partial charge in [0.1, 0.15) is 0 Å². The third-order valence-corrected chi connectivity index (χ3v) is 2.19. The normalized spacial score (nSPS) is 9.93. The van der Waals surface area contributed by atoms with Crippen molar-refractivity contribution in [3.8, 4) is 17.2 Å². The first-order valence-electron chi connectivity index (χ1n) is 3.88. The Morgan fingerprint density at radius 2 is 2.00 bits per heavy atom. The Balaban J connectivity index is 3.03. The van der Waals surface area contributed by atoms with Crippen molar-refractivity contribution in [1.29, 1.82) is 0 Å². The smallest absolute Gasteiger partial charge is 0.204 e. The maximum absolute atomic E-state index is 9.45. The second-order valence-corrected chi connectivity index (χ2v) is 3.33. The topological polar surface area (TPSA) is 47.9 Å². The first-order valence-corrected chi connectivity index (χ1v) is 4.67. The minimum atomic E-state index is 0.0294. The quantitative estimate of drug-likeness (QED) is 0.845. The van der Waals surface area contributed by atoms with Crippen LogP contribution in [0, 0.1) is 0 Å². The fourth-order valence-corrected chi connectivity index (χ4v) is 1.40. The number of ether oxygens (including phenoxy) is 3. The van der Waals surface area contributed by atoms with E-state index in [1.807, 2.05) is 0 Å². The van der Waals surface area contributed by atoms with Gasteiger partial charge in [0.2, 0.25) is 5.75 Å². The first-order chi connectivity index (χ1) is 6.70. The molecule has 0 radical (unpaired) electrons. The summed E-state index contributed by atoms with van der Waals surface area (Å²) in [5.74, 6) is 0.743. The molecule has 0 spiro atoms. The van der Waals surface area contributed by atoms with Crippen molar-refractivity contribution in [1.82, 2.24) is 0 Å². The van der Waals surface area contributed by atoms with Gasteiger partial charge < -0.3 is 19.3 Å². The Morgan fingerprint density at radius 3 is 2.57 bits per heavy atom. The number of hydrogen-bond donors (Lipinski definition) is 1. The molecule has 0 atom stereocenters. The highest BCUT2D eigenvalue weighted by atomic mass is 79.9. The van der Waals surface area contributed by atoms with Crippen LogP contribution in [0.1, 0.15) is 0 Å². The Kier molecular flexibility index (Phi) is 4.03. The van der Waals surface area contributed by atoms with Gasteiger partial charge in [0.25, 0.3) is 0 Å². The third kappa shape index (κ3) is 2.30. The lowest BCUT2D eigenvalue weighted by molar-refractivity contribution is 0.0483. The molecule has 0 aliphatic heterocycles. The molecule has 1 aromatic rings. The zero-order valence-electron chi connectivity index (χ0n) is 7.91. The molecule has 78 valence electrons. The summed E-state index contributed by atoms with van der Waals surface area (Å²) in [5, 5.41) is 9.45. The Labute approximate surface area is 90.5 Å². The van der Waals surface area contributed by atoms with Crippen LogP contribution in [-0.2, 0) is 4.74 Å². The van der Waals surface area contributed by atoms with E-state index in [1.54, 1.807) is 6.07 Å². The number of halogens is 1. The van der Waals surface area contributed by atoms with Crippen molar-refractivity contribution in [3.63, 3.8) is 0 Å². The van der Waals surface area contributed by atoms with Crippen LogP contribution >= 0.6 is 15.9 Å². The largest absolute Gasteiger partial charge is 0.504 e. The molecule has 0 unspecified atom stereocenters. The molecule has 1 aromatic carbocycles. The molecular weight excluding hydrogens is 252 g/mol. The monoisotopic (exact) mass is 262 g/mol. The zero-order chi connectivity index (χ0) is 10.6.